The summed E-state index contributed by atoms with van der Waals surface area (Å²) in [4.78, 5) is 0. The minimum absolute atomic E-state index is 0.520. The molecule has 0 aliphatic heterocycles. The van der Waals surface area contributed by atoms with Gasteiger partial charge in [-0.05, 0) is 13.3 Å². The molecule has 0 saturated carbocycles. The molecule has 86 valence electrons. The molecule has 0 fully saturated rings. The Hall–Kier alpha value is -0.450. The maximum Gasteiger partial charge on any atom is 0.0257 e. The van der Waals surface area contributed by atoms with Gasteiger partial charge < -0.3 is 8.39 Å². The lowest BCUT2D eigenvalue weighted by atomic mass is 10.2. The average molecular weight is 245 g/mol. The maximum absolute atomic E-state index is 10.0. The van der Waals surface area contributed by atoms with Crippen molar-refractivity contribution in [2.45, 2.75) is 26.7 Å². The predicted molar refractivity (Wildman–Crippen MR) is 67.5 cm³/mol. The third kappa shape index (κ3) is 11.5. The fourth-order valence-electron chi connectivity index (χ4n) is 0.806. The molecule has 0 aliphatic rings. The summed E-state index contributed by atoms with van der Waals surface area (Å²) >= 11 is 4.24. The van der Waals surface area contributed by atoms with Crippen LogP contribution in [-0.2, 0) is 29.2 Å². The van der Waals surface area contributed by atoms with Crippen molar-refractivity contribution in [1.29, 1.82) is 0 Å². The predicted octanol–water partition coefficient (Wildman–Crippen LogP) is 3.14. The minimum atomic E-state index is -1.48. The Morgan fingerprint density at radius 2 is 1.93 bits per heavy atom. The Kier molecular flexibility index (Phi) is 9.78. The van der Waals surface area contributed by atoms with Crippen LogP contribution in [0.25, 0.3) is 0 Å². The SMILES string of the molecule is CCCCO[S-](=O)=S.Cc1ccccc1. The first-order valence-corrected chi connectivity index (χ1v) is 6.91. The van der Waals surface area contributed by atoms with Crippen molar-refractivity contribution in [3.63, 3.8) is 0 Å². The van der Waals surface area contributed by atoms with Crippen LogP contribution in [0, 0.1) is 6.92 Å². The smallest absolute Gasteiger partial charge is 0.0257 e. The number of rotatable bonds is 4. The van der Waals surface area contributed by atoms with Gasteiger partial charge in [-0.1, -0.05) is 58.9 Å². The fraction of sp³-hybridized carbons (Fsp3) is 0.455. The second-order valence-electron chi connectivity index (χ2n) is 3.03. The second-order valence-corrected chi connectivity index (χ2v) is 4.49. The van der Waals surface area contributed by atoms with Crippen molar-refractivity contribution in [1.82, 2.24) is 0 Å². The van der Waals surface area contributed by atoms with Crippen LogP contribution >= 0.6 is 0 Å². The maximum atomic E-state index is 10.0. The van der Waals surface area contributed by atoms with Gasteiger partial charge in [0, 0.05) is 6.61 Å². The quantitative estimate of drug-likeness (QED) is 0.602. The van der Waals surface area contributed by atoms with Crippen LogP contribution in [-0.4, -0.2) is 6.61 Å². The number of hydrogen-bond donors (Lipinski definition) is 0. The van der Waals surface area contributed by atoms with Gasteiger partial charge in [0.15, 0.2) is 0 Å². The molecule has 0 heterocycles. The van der Waals surface area contributed by atoms with Gasteiger partial charge in [-0.15, -0.1) is 0 Å². The third-order valence-electron chi connectivity index (χ3n) is 1.62. The molecule has 1 aromatic rings. The number of benzene rings is 1. The molecular formula is C11H17O2S2-. The first-order valence-electron chi connectivity index (χ1n) is 4.91. The summed E-state index contributed by atoms with van der Waals surface area (Å²) in [7, 11) is -1.48. The Morgan fingerprint density at radius 1 is 1.33 bits per heavy atom. The molecule has 0 aliphatic carbocycles. The number of hydrogen-bond acceptors (Lipinski definition) is 4. The molecule has 2 nitrogen and oxygen atoms in total. The topological polar surface area (TPSA) is 26.3 Å². The van der Waals surface area contributed by atoms with Gasteiger partial charge in [0.25, 0.3) is 0 Å². The van der Waals surface area contributed by atoms with Crippen molar-refractivity contribution in [2.75, 3.05) is 6.61 Å². The summed E-state index contributed by atoms with van der Waals surface area (Å²) < 4.78 is 14.6. The Bertz CT molecular complexity index is 300. The van der Waals surface area contributed by atoms with E-state index in [1.165, 1.54) is 5.56 Å². The first kappa shape index (κ1) is 14.6. The van der Waals surface area contributed by atoms with Crippen molar-refractivity contribution < 1.29 is 8.39 Å². The highest BCUT2D eigenvalue weighted by Crippen LogP contribution is 1.92. The van der Waals surface area contributed by atoms with Gasteiger partial charge in [0.2, 0.25) is 0 Å². The molecule has 0 amide bonds. The fourth-order valence-corrected chi connectivity index (χ4v) is 1.26. The zero-order chi connectivity index (χ0) is 11.5. The number of unbranched alkanes of at least 4 members (excludes halogenated alkanes) is 1. The normalized spacial score (nSPS) is 9.53. The van der Waals surface area contributed by atoms with E-state index in [0.717, 1.165) is 12.8 Å². The monoisotopic (exact) mass is 245 g/mol. The molecule has 0 saturated heterocycles. The zero-order valence-corrected chi connectivity index (χ0v) is 10.8. The molecule has 0 unspecified atom stereocenters. The lowest BCUT2D eigenvalue weighted by Gasteiger charge is -2.00. The third-order valence-corrected chi connectivity index (χ3v) is 2.27. The summed E-state index contributed by atoms with van der Waals surface area (Å²) in [6.07, 6.45) is 1.98. The summed E-state index contributed by atoms with van der Waals surface area (Å²) in [6.45, 7) is 4.64. The minimum Gasteiger partial charge on any atom is -0.444 e. The van der Waals surface area contributed by atoms with Crippen molar-refractivity contribution in [3.8, 4) is 0 Å². The van der Waals surface area contributed by atoms with Crippen molar-refractivity contribution in [2.24, 2.45) is 0 Å². The summed E-state index contributed by atoms with van der Waals surface area (Å²) in [5.41, 5.74) is 1.32. The molecule has 0 N–H and O–H groups in total. The average Bonchev–Trinajstić information content (AvgIpc) is 2.20. The Labute approximate surface area is 98.6 Å². The lowest BCUT2D eigenvalue weighted by Crippen LogP contribution is -1.88. The molecule has 0 bridgehead atoms. The molecule has 4 heteroatoms. The van der Waals surface area contributed by atoms with E-state index in [1.54, 1.807) is 0 Å². The Morgan fingerprint density at radius 3 is 2.27 bits per heavy atom. The highest BCUT2D eigenvalue weighted by atomic mass is 32.8. The molecule has 15 heavy (non-hydrogen) atoms. The summed E-state index contributed by atoms with van der Waals surface area (Å²) in [5, 5.41) is 0. The van der Waals surface area contributed by atoms with Crippen LogP contribution in [0.3, 0.4) is 0 Å². The summed E-state index contributed by atoms with van der Waals surface area (Å²) in [6, 6.07) is 10.3. The van der Waals surface area contributed by atoms with E-state index in [2.05, 4.69) is 34.4 Å². The van der Waals surface area contributed by atoms with Crippen LogP contribution in [0.2, 0.25) is 0 Å². The lowest BCUT2D eigenvalue weighted by molar-refractivity contribution is 0.341. The van der Waals surface area contributed by atoms with E-state index in [0.29, 0.717) is 6.61 Å². The van der Waals surface area contributed by atoms with Crippen LogP contribution in [0.4, 0.5) is 0 Å². The second kappa shape index (κ2) is 10.1. The van der Waals surface area contributed by atoms with Gasteiger partial charge >= 0.3 is 0 Å². The van der Waals surface area contributed by atoms with Crippen LogP contribution < -0.4 is 0 Å². The molecule has 0 atom stereocenters. The van der Waals surface area contributed by atoms with E-state index in [9.17, 15) is 4.21 Å². The molecule has 1 rings (SSSR count). The largest absolute Gasteiger partial charge is 0.444 e. The van der Waals surface area contributed by atoms with Crippen molar-refractivity contribution >= 4 is 20.8 Å². The standard InChI is InChI=1S/C7H8.C4H9O2S2/c1-7-5-3-2-4-6-7;1-2-3-4-6-8(5)7/h2-6H,1H3;2-4H2,1H3/q;-1. The van der Waals surface area contributed by atoms with Crippen LogP contribution in [0.1, 0.15) is 25.3 Å². The Balaban J connectivity index is 0.000000262. The molecule has 1 aromatic carbocycles. The molecular weight excluding hydrogens is 228 g/mol. The molecule has 0 spiro atoms. The van der Waals surface area contributed by atoms with E-state index in [4.69, 9.17) is 0 Å². The van der Waals surface area contributed by atoms with Gasteiger partial charge in [0.05, 0.1) is 0 Å². The van der Waals surface area contributed by atoms with Crippen LogP contribution in [0.5, 0.6) is 0 Å². The highest BCUT2D eigenvalue weighted by Gasteiger charge is 1.75. The van der Waals surface area contributed by atoms with Gasteiger partial charge in [-0.25, -0.2) is 11.2 Å². The summed E-state index contributed by atoms with van der Waals surface area (Å²) in [5.74, 6) is 0. The van der Waals surface area contributed by atoms with E-state index >= 15 is 0 Å². The van der Waals surface area contributed by atoms with Gasteiger partial charge in [-0.3, -0.25) is 0 Å². The molecule has 0 radical (unpaired) electrons. The molecule has 0 aromatic heterocycles. The first-order chi connectivity index (χ1) is 7.16. The van der Waals surface area contributed by atoms with Gasteiger partial charge in [-0.2, -0.15) is 0 Å². The van der Waals surface area contributed by atoms with Crippen molar-refractivity contribution in [3.05, 3.63) is 35.9 Å². The van der Waals surface area contributed by atoms with Crippen LogP contribution in [0.15, 0.2) is 30.3 Å². The zero-order valence-electron chi connectivity index (χ0n) is 9.14. The number of aryl methyl sites for hydroxylation is 1. The van der Waals surface area contributed by atoms with E-state index in [1.807, 2.05) is 25.1 Å². The highest BCUT2D eigenvalue weighted by molar-refractivity contribution is 8.19. The van der Waals surface area contributed by atoms with E-state index in [-0.39, 0.29) is 0 Å². The van der Waals surface area contributed by atoms with Gasteiger partial charge in [0.1, 0.15) is 0 Å². The van der Waals surface area contributed by atoms with E-state index < -0.39 is 9.64 Å².